The number of nitrogen functional groups attached to an aromatic ring is 1. The maximum atomic E-state index is 6.48. The predicted octanol–water partition coefficient (Wildman–Crippen LogP) is 5.90. The fraction of sp³-hybridized carbons (Fsp3) is 0. The SMILES string of the molecule is Nc1c2nc(c(-c3ccccc3)c3ccc(cc4nc(cc5ccc1[nH]5)C=C4)[nH]3)C=C2.[Fe]. The fourth-order valence-corrected chi connectivity index (χ4v) is 4.00. The Morgan fingerprint density at radius 2 is 1.25 bits per heavy atom. The number of aromatic nitrogens is 4. The van der Waals surface area contributed by atoms with Crippen molar-refractivity contribution in [3.63, 3.8) is 0 Å². The van der Waals surface area contributed by atoms with E-state index in [9.17, 15) is 0 Å². The summed E-state index contributed by atoms with van der Waals surface area (Å²) in [7, 11) is 0. The van der Waals surface area contributed by atoms with E-state index >= 15 is 0 Å². The molecule has 2 aliphatic rings. The summed E-state index contributed by atoms with van der Waals surface area (Å²) in [6.07, 6.45) is 8.01. The molecule has 0 amide bonds. The third-order valence-electron chi connectivity index (χ3n) is 5.50. The Hall–Kier alpha value is -3.86. The first kappa shape index (κ1) is 20.1. The second-order valence-electron chi connectivity index (χ2n) is 7.61. The number of anilines is 1. The molecule has 3 aromatic heterocycles. The van der Waals surface area contributed by atoms with Crippen molar-refractivity contribution in [2.45, 2.75) is 0 Å². The molecule has 1 aromatic carbocycles. The number of hydrogen-bond acceptors (Lipinski definition) is 3. The van der Waals surface area contributed by atoms with Gasteiger partial charge in [-0.2, -0.15) is 0 Å². The molecule has 0 atom stereocenters. The second-order valence-corrected chi connectivity index (χ2v) is 7.61. The maximum Gasteiger partial charge on any atom is 0.0888 e. The molecule has 32 heavy (non-hydrogen) atoms. The fourth-order valence-electron chi connectivity index (χ4n) is 4.00. The van der Waals surface area contributed by atoms with Crippen LogP contribution < -0.4 is 5.73 Å². The van der Waals surface area contributed by atoms with Crippen LogP contribution >= 0.6 is 0 Å². The minimum Gasteiger partial charge on any atom is -0.395 e. The number of nitrogens with zero attached hydrogens (tertiary/aromatic N) is 2. The summed E-state index contributed by atoms with van der Waals surface area (Å²) < 4.78 is 0. The average Bonchev–Trinajstić information content (AvgIpc) is 3.58. The molecule has 0 saturated heterocycles. The van der Waals surface area contributed by atoms with E-state index < -0.39 is 0 Å². The summed E-state index contributed by atoms with van der Waals surface area (Å²) in [6.45, 7) is 0. The Kier molecular flexibility index (Phi) is 5.02. The van der Waals surface area contributed by atoms with Gasteiger partial charge in [-0.1, -0.05) is 30.3 Å². The van der Waals surface area contributed by atoms with Crippen LogP contribution in [0.25, 0.3) is 57.5 Å². The van der Waals surface area contributed by atoms with Gasteiger partial charge in [0.05, 0.1) is 34.0 Å². The molecule has 4 aromatic rings. The third-order valence-corrected chi connectivity index (χ3v) is 5.50. The van der Waals surface area contributed by atoms with Crippen molar-refractivity contribution < 1.29 is 17.1 Å². The summed E-state index contributed by atoms with van der Waals surface area (Å²) in [5.41, 5.74) is 16.4. The largest absolute Gasteiger partial charge is 0.395 e. The smallest absolute Gasteiger partial charge is 0.0888 e. The first-order chi connectivity index (χ1) is 15.2. The van der Waals surface area contributed by atoms with E-state index in [0.717, 1.165) is 56.0 Å². The van der Waals surface area contributed by atoms with E-state index in [1.165, 1.54) is 0 Å². The molecule has 6 heteroatoms. The van der Waals surface area contributed by atoms with Crippen molar-refractivity contribution in [3.05, 3.63) is 89.5 Å². The van der Waals surface area contributed by atoms with Crippen molar-refractivity contribution in [3.8, 4) is 11.1 Å². The van der Waals surface area contributed by atoms with E-state index in [-0.39, 0.29) is 17.1 Å². The number of hydrogen-bond donors (Lipinski definition) is 3. The van der Waals surface area contributed by atoms with E-state index in [2.05, 4.69) is 34.2 Å². The Morgan fingerprint density at radius 1 is 0.625 bits per heavy atom. The van der Waals surface area contributed by atoms with Gasteiger partial charge in [0.1, 0.15) is 0 Å². The molecule has 5 nitrogen and oxygen atoms in total. The van der Waals surface area contributed by atoms with Crippen LogP contribution in [-0.2, 0) is 17.1 Å². The number of aromatic amines is 2. The average molecular weight is 457 g/mol. The van der Waals surface area contributed by atoms with Crippen molar-refractivity contribution in [1.29, 1.82) is 0 Å². The van der Waals surface area contributed by atoms with Crippen LogP contribution in [0, 0.1) is 0 Å². The van der Waals surface area contributed by atoms with Gasteiger partial charge in [-0.3, -0.25) is 0 Å². The second kappa shape index (κ2) is 8.00. The molecule has 156 valence electrons. The molecule has 5 heterocycles. The molecular formula is C26H19FeN5. The van der Waals surface area contributed by atoms with Crippen LogP contribution in [0.1, 0.15) is 22.8 Å². The standard InChI is InChI=1S/C26H19N5.Fe/c27-26-23-11-9-20(30-23)15-18-7-6-17(28-18)14-19-8-10-21(29-19)25(16-4-2-1-3-5-16)22-12-13-24(26)31-22;/h1-15,29-30H,27H2;. The van der Waals surface area contributed by atoms with Gasteiger partial charge in [-0.05, 0) is 66.3 Å². The van der Waals surface area contributed by atoms with Crippen LogP contribution in [0.3, 0.4) is 0 Å². The first-order valence-corrected chi connectivity index (χ1v) is 10.1. The van der Waals surface area contributed by atoms with Crippen molar-refractivity contribution in [1.82, 2.24) is 19.9 Å². The van der Waals surface area contributed by atoms with E-state index in [1.54, 1.807) is 0 Å². The summed E-state index contributed by atoms with van der Waals surface area (Å²) in [6, 6.07) is 22.5. The zero-order chi connectivity index (χ0) is 20.8. The molecule has 2 aliphatic heterocycles. The van der Waals surface area contributed by atoms with E-state index in [4.69, 9.17) is 15.7 Å². The monoisotopic (exact) mass is 457 g/mol. The number of rotatable bonds is 1. The van der Waals surface area contributed by atoms with Crippen LogP contribution in [0.5, 0.6) is 0 Å². The van der Waals surface area contributed by atoms with Crippen LogP contribution in [0.2, 0.25) is 0 Å². The topological polar surface area (TPSA) is 83.4 Å². The number of nitrogens with one attached hydrogen (secondary N) is 2. The molecule has 4 N–H and O–H groups in total. The molecule has 0 fully saturated rings. The Morgan fingerprint density at radius 3 is 1.97 bits per heavy atom. The number of benzene rings is 1. The van der Waals surface area contributed by atoms with Gasteiger partial charge in [0.15, 0.2) is 0 Å². The molecule has 0 unspecified atom stereocenters. The van der Waals surface area contributed by atoms with Crippen molar-refractivity contribution in [2.24, 2.45) is 0 Å². The zero-order valence-electron chi connectivity index (χ0n) is 17.0. The first-order valence-electron chi connectivity index (χ1n) is 10.1. The van der Waals surface area contributed by atoms with Crippen LogP contribution in [-0.4, -0.2) is 19.9 Å². The van der Waals surface area contributed by atoms with Crippen molar-refractivity contribution in [2.75, 3.05) is 5.73 Å². The number of nitrogens with two attached hydrogens (primary N) is 1. The quantitative estimate of drug-likeness (QED) is 0.269. The molecular weight excluding hydrogens is 438 g/mol. The third kappa shape index (κ3) is 3.56. The Labute approximate surface area is 195 Å². The summed E-state index contributed by atoms with van der Waals surface area (Å²) in [5, 5.41) is 0. The van der Waals surface area contributed by atoms with Gasteiger partial charge in [0.25, 0.3) is 0 Å². The molecule has 0 saturated carbocycles. The van der Waals surface area contributed by atoms with Gasteiger partial charge in [0.2, 0.25) is 0 Å². The number of H-pyrrole nitrogens is 2. The van der Waals surface area contributed by atoms with E-state index in [1.807, 2.05) is 66.8 Å². The van der Waals surface area contributed by atoms with Crippen molar-refractivity contribution >= 4 is 52.1 Å². The van der Waals surface area contributed by atoms with Gasteiger partial charge >= 0.3 is 0 Å². The predicted molar refractivity (Wildman–Crippen MR) is 129 cm³/mol. The molecule has 0 aliphatic carbocycles. The summed E-state index contributed by atoms with van der Waals surface area (Å²) in [5.74, 6) is 0. The number of fused-ring (bicyclic) bond motifs is 8. The van der Waals surface area contributed by atoms with Gasteiger partial charge in [-0.15, -0.1) is 0 Å². The van der Waals surface area contributed by atoms with Gasteiger partial charge in [0, 0.05) is 39.2 Å². The maximum absolute atomic E-state index is 6.48. The minimum absolute atomic E-state index is 0. The minimum atomic E-state index is 0. The molecule has 0 spiro atoms. The zero-order valence-corrected chi connectivity index (χ0v) is 18.1. The van der Waals surface area contributed by atoms with Crippen LogP contribution in [0.15, 0.2) is 66.7 Å². The van der Waals surface area contributed by atoms with Gasteiger partial charge in [-0.25, -0.2) is 9.97 Å². The molecule has 6 rings (SSSR count). The Bertz CT molecular complexity index is 1540. The van der Waals surface area contributed by atoms with E-state index in [0.29, 0.717) is 5.69 Å². The van der Waals surface area contributed by atoms with Crippen LogP contribution in [0.4, 0.5) is 5.69 Å². The summed E-state index contributed by atoms with van der Waals surface area (Å²) in [4.78, 5) is 16.5. The van der Waals surface area contributed by atoms with Gasteiger partial charge < -0.3 is 15.7 Å². The normalized spacial score (nSPS) is 12.0. The summed E-state index contributed by atoms with van der Waals surface area (Å²) >= 11 is 0. The molecule has 0 radical (unpaired) electrons. The molecule has 8 bridgehead atoms. The Balaban J connectivity index is 0.00000216.